The van der Waals surface area contributed by atoms with Gasteiger partial charge in [0.25, 0.3) is 5.75 Å². The van der Waals surface area contributed by atoms with Gasteiger partial charge in [-0.1, -0.05) is 0 Å². The van der Waals surface area contributed by atoms with E-state index in [0.29, 0.717) is 11.3 Å². The summed E-state index contributed by atoms with van der Waals surface area (Å²) in [5.41, 5.74) is 0.510. The maximum atomic E-state index is 10.4. The van der Waals surface area contributed by atoms with Crippen LogP contribution in [0.15, 0.2) is 30.0 Å². The molecule has 2 aromatic rings. The van der Waals surface area contributed by atoms with Gasteiger partial charge in [-0.15, -0.1) is 0 Å². The molecule has 2 aliphatic rings. The summed E-state index contributed by atoms with van der Waals surface area (Å²) in [7, 11) is 1.49. The van der Waals surface area contributed by atoms with Crippen LogP contribution < -0.4 is 4.74 Å². The quantitative estimate of drug-likeness (QED) is 0.205. The molecule has 0 spiro atoms. The minimum absolute atomic E-state index is 0.0306. The fourth-order valence-electron chi connectivity index (χ4n) is 3.83. The Morgan fingerprint density at radius 1 is 0.941 bits per heavy atom. The molecule has 184 valence electrons. The second kappa shape index (κ2) is 9.08. The van der Waals surface area contributed by atoms with Crippen molar-refractivity contribution in [3.8, 4) is 34.5 Å². The number of phenols is 4. The lowest BCUT2D eigenvalue weighted by Gasteiger charge is -2.41. The van der Waals surface area contributed by atoms with Gasteiger partial charge in [0.05, 0.1) is 12.7 Å². The Morgan fingerprint density at radius 3 is 2.24 bits per heavy atom. The Kier molecular flexibility index (Phi) is 6.34. The summed E-state index contributed by atoms with van der Waals surface area (Å²) >= 11 is 0. The van der Waals surface area contributed by atoms with Crippen LogP contribution in [0.1, 0.15) is 17.2 Å². The summed E-state index contributed by atoms with van der Waals surface area (Å²) in [6.45, 7) is -0.662. The van der Waals surface area contributed by atoms with Crippen molar-refractivity contribution in [2.45, 2.75) is 36.8 Å². The maximum Gasteiger partial charge on any atom is 0.269 e. The predicted octanol–water partition coefficient (Wildman–Crippen LogP) is -0.329. The van der Waals surface area contributed by atoms with E-state index >= 15 is 0 Å². The average molecular weight is 481 g/mol. The SMILES string of the molecule is C[OH+]c1cc(O)cc2c1C=C(O[C@@H]1O[C@H](CO)[C@@H](O)[C@@H](O)[C@H]1O)C(c1cc(O)c(O)c(O)c1)O2. The van der Waals surface area contributed by atoms with Crippen LogP contribution in [-0.2, 0) is 9.47 Å². The molecule has 2 heterocycles. The largest absolute Gasteiger partial charge is 0.584 e. The van der Waals surface area contributed by atoms with E-state index in [4.69, 9.17) is 14.2 Å². The minimum Gasteiger partial charge on any atom is -0.584 e. The molecule has 6 atom stereocenters. The first-order chi connectivity index (χ1) is 16.1. The van der Waals surface area contributed by atoms with Gasteiger partial charge in [0.2, 0.25) is 6.29 Å². The van der Waals surface area contributed by atoms with Gasteiger partial charge < -0.3 is 59.8 Å². The van der Waals surface area contributed by atoms with Crippen LogP contribution in [-0.4, -0.2) is 90.0 Å². The summed E-state index contributed by atoms with van der Waals surface area (Å²) in [5.74, 6) is -1.68. The zero-order valence-corrected chi connectivity index (χ0v) is 17.8. The first-order valence-corrected chi connectivity index (χ1v) is 10.2. The summed E-state index contributed by atoms with van der Waals surface area (Å²) in [6.07, 6.45) is -7.49. The van der Waals surface area contributed by atoms with Crippen molar-refractivity contribution in [3.63, 3.8) is 0 Å². The highest BCUT2D eigenvalue weighted by Crippen LogP contribution is 2.47. The van der Waals surface area contributed by atoms with Gasteiger partial charge in [-0.2, -0.15) is 0 Å². The molecule has 34 heavy (non-hydrogen) atoms. The van der Waals surface area contributed by atoms with E-state index in [2.05, 4.69) is 4.74 Å². The lowest BCUT2D eigenvalue weighted by Crippen LogP contribution is -2.59. The van der Waals surface area contributed by atoms with Crippen LogP contribution in [0.2, 0.25) is 0 Å². The Labute approximate surface area is 192 Å². The molecule has 1 saturated heterocycles. The van der Waals surface area contributed by atoms with Crippen molar-refractivity contribution in [2.75, 3.05) is 13.7 Å². The highest BCUT2D eigenvalue weighted by molar-refractivity contribution is 5.70. The highest BCUT2D eigenvalue weighted by Gasteiger charge is 2.46. The predicted molar refractivity (Wildman–Crippen MR) is 113 cm³/mol. The normalized spacial score (nSPS) is 28.4. The van der Waals surface area contributed by atoms with Crippen molar-refractivity contribution >= 4 is 6.08 Å². The Morgan fingerprint density at radius 2 is 1.62 bits per heavy atom. The van der Waals surface area contributed by atoms with E-state index < -0.39 is 60.7 Å². The molecule has 1 fully saturated rings. The zero-order chi connectivity index (χ0) is 24.7. The molecule has 9 N–H and O–H groups in total. The van der Waals surface area contributed by atoms with Crippen LogP contribution in [0, 0.1) is 0 Å². The molecule has 0 aliphatic carbocycles. The zero-order valence-electron chi connectivity index (χ0n) is 17.8. The van der Waals surface area contributed by atoms with Gasteiger partial charge in [0, 0.05) is 17.7 Å². The van der Waals surface area contributed by atoms with E-state index in [1.165, 1.54) is 25.3 Å². The monoisotopic (exact) mass is 481 g/mol. The minimum atomic E-state index is -1.71. The average Bonchev–Trinajstić information content (AvgIpc) is 2.81. The number of aliphatic hydroxyl groups is 5. The summed E-state index contributed by atoms with van der Waals surface area (Å²) in [5, 5.41) is 79.6. The van der Waals surface area contributed by atoms with Crippen LogP contribution in [0.3, 0.4) is 0 Å². The topological polar surface area (TPSA) is 202 Å². The van der Waals surface area contributed by atoms with Crippen LogP contribution >= 0.6 is 0 Å². The smallest absolute Gasteiger partial charge is 0.269 e. The van der Waals surface area contributed by atoms with Crippen molar-refractivity contribution in [2.24, 2.45) is 0 Å². The first-order valence-electron chi connectivity index (χ1n) is 10.2. The van der Waals surface area contributed by atoms with Gasteiger partial charge in [-0.3, -0.25) is 0 Å². The molecule has 12 nitrogen and oxygen atoms in total. The lowest BCUT2D eigenvalue weighted by atomic mass is 9.98. The second-order valence-corrected chi connectivity index (χ2v) is 7.87. The number of aromatic hydroxyl groups is 5. The summed E-state index contributed by atoms with van der Waals surface area (Å²) < 4.78 is 21.3. The third-order valence-electron chi connectivity index (χ3n) is 5.63. The molecular formula is C22H25O12+. The Bertz CT molecular complexity index is 1070. The van der Waals surface area contributed by atoms with E-state index in [-0.39, 0.29) is 22.8 Å². The molecule has 12 heteroatoms. The van der Waals surface area contributed by atoms with Gasteiger partial charge >= 0.3 is 0 Å². The number of hydrogen-bond acceptors (Lipinski definition) is 11. The number of ether oxygens (including phenoxy) is 4. The number of fused-ring (bicyclic) bond motifs is 1. The maximum absolute atomic E-state index is 10.4. The third-order valence-corrected chi connectivity index (χ3v) is 5.63. The van der Waals surface area contributed by atoms with Crippen LogP contribution in [0.4, 0.5) is 0 Å². The molecule has 0 bridgehead atoms. The van der Waals surface area contributed by atoms with Gasteiger partial charge in [0.15, 0.2) is 30.5 Å². The fraction of sp³-hybridized carbons (Fsp3) is 0.364. The summed E-state index contributed by atoms with van der Waals surface area (Å²) in [6, 6.07) is 4.92. The fourth-order valence-corrected chi connectivity index (χ4v) is 3.83. The molecule has 0 saturated carbocycles. The molecule has 2 aliphatic heterocycles. The molecular weight excluding hydrogens is 456 g/mol. The number of hydrogen-bond donors (Lipinski definition) is 8. The molecule has 0 radical (unpaired) electrons. The van der Waals surface area contributed by atoms with Crippen LogP contribution in [0.25, 0.3) is 6.08 Å². The number of phenolic OH excluding ortho intramolecular Hbond substituents is 4. The Balaban J connectivity index is 1.78. The molecule has 1 unspecified atom stereocenters. The number of aliphatic hydroxyl groups excluding tert-OH is 4. The van der Waals surface area contributed by atoms with Crippen molar-refractivity contribution in [1.29, 1.82) is 0 Å². The lowest BCUT2D eigenvalue weighted by molar-refractivity contribution is -0.293. The standard InChI is InChI=1S/C22H24O12/c1-31-13-4-9(24)5-14-10(13)6-15(21(32-14)8-2-11(25)17(27)12(26)3-8)33-22-20(30)19(29)18(28)16(7-23)34-22/h2-6,16,18-30H,7H2,1H3/p+1/t16-,18-,19-,20-,21?,22-/m1/s1. The third kappa shape index (κ3) is 4.13. The Hall–Kier alpha value is -3.42. The molecule has 4 rings (SSSR count). The van der Waals surface area contributed by atoms with E-state index in [1.807, 2.05) is 0 Å². The van der Waals surface area contributed by atoms with E-state index in [1.54, 1.807) is 0 Å². The first kappa shape index (κ1) is 23.7. The van der Waals surface area contributed by atoms with Gasteiger partial charge in [-0.05, 0) is 12.1 Å². The number of benzene rings is 2. The highest BCUT2D eigenvalue weighted by atomic mass is 16.7. The summed E-state index contributed by atoms with van der Waals surface area (Å²) in [4.78, 5) is 0. The molecule has 2 aromatic carbocycles. The van der Waals surface area contributed by atoms with Crippen molar-refractivity contribution < 1.29 is 59.8 Å². The van der Waals surface area contributed by atoms with Crippen LogP contribution in [0.5, 0.6) is 34.5 Å². The molecule has 0 amide bonds. The molecule has 0 aromatic heterocycles. The van der Waals surface area contributed by atoms with Crippen molar-refractivity contribution in [1.82, 2.24) is 0 Å². The van der Waals surface area contributed by atoms with Crippen molar-refractivity contribution in [3.05, 3.63) is 41.2 Å². The van der Waals surface area contributed by atoms with Gasteiger partial charge in [0.1, 0.15) is 47.2 Å². The van der Waals surface area contributed by atoms with Gasteiger partial charge in [-0.25, -0.2) is 0 Å². The number of rotatable bonds is 5. The van der Waals surface area contributed by atoms with E-state index in [0.717, 1.165) is 12.1 Å². The second-order valence-electron chi connectivity index (χ2n) is 7.87. The van der Waals surface area contributed by atoms with E-state index in [9.17, 15) is 40.9 Å².